The number of aromatic nitrogens is 1. The summed E-state index contributed by atoms with van der Waals surface area (Å²) in [4.78, 5) is 18.6. The van der Waals surface area contributed by atoms with Gasteiger partial charge in [0.05, 0.1) is 21.5 Å². The van der Waals surface area contributed by atoms with Crippen LogP contribution in [0.3, 0.4) is 0 Å². The molecule has 0 spiro atoms. The Labute approximate surface area is 203 Å². The van der Waals surface area contributed by atoms with Crippen molar-refractivity contribution in [2.45, 2.75) is 0 Å². The van der Waals surface area contributed by atoms with Gasteiger partial charge in [0.1, 0.15) is 10.7 Å². The van der Waals surface area contributed by atoms with Crippen molar-refractivity contribution in [3.63, 3.8) is 0 Å². The van der Waals surface area contributed by atoms with Gasteiger partial charge < -0.3 is 0 Å². The normalized spacial score (nSPS) is 11.6. The van der Waals surface area contributed by atoms with Crippen LogP contribution >= 0.6 is 50.2 Å². The molecule has 9 heteroatoms. The minimum Gasteiger partial charge on any atom is -0.266 e. The van der Waals surface area contributed by atoms with Crippen molar-refractivity contribution in [3.8, 4) is 0 Å². The summed E-state index contributed by atoms with van der Waals surface area (Å²) < 4.78 is 16.0. The molecule has 0 bridgehead atoms. The molecule has 0 N–H and O–H groups in total. The van der Waals surface area contributed by atoms with Gasteiger partial charge in [0, 0.05) is 14.6 Å². The lowest BCUT2D eigenvalue weighted by Gasteiger charge is -2.13. The van der Waals surface area contributed by atoms with Gasteiger partial charge in [-0.2, -0.15) is 10.1 Å². The van der Waals surface area contributed by atoms with E-state index >= 15 is 0 Å². The van der Waals surface area contributed by atoms with Crippen LogP contribution in [0.1, 0.15) is 15.2 Å². The fourth-order valence-electron chi connectivity index (χ4n) is 3.09. The summed E-state index contributed by atoms with van der Waals surface area (Å²) in [5.74, 6) is -0.725. The summed E-state index contributed by atoms with van der Waals surface area (Å²) in [6.07, 6.45) is 1.50. The van der Waals surface area contributed by atoms with Crippen molar-refractivity contribution in [1.29, 1.82) is 0 Å². The van der Waals surface area contributed by atoms with E-state index in [1.54, 1.807) is 12.1 Å². The molecule has 0 saturated carbocycles. The third-order valence-electron chi connectivity index (χ3n) is 4.63. The van der Waals surface area contributed by atoms with Crippen LogP contribution in [0.25, 0.3) is 20.3 Å². The standard InChI is InChI=1S/C23H12BrClFN3OS2/c24-14-7-10-17-19(11-14)32-23(28-17)29(27-12-13-5-8-15(26)9-6-13)22(30)21-20(25)16-3-1-2-4-18(16)31-21/h1-12H/b27-12+. The Balaban J connectivity index is 1.61. The number of thiophene rings is 1. The molecular weight excluding hydrogens is 533 g/mol. The molecule has 1 amide bonds. The Morgan fingerprint density at radius 2 is 1.84 bits per heavy atom. The van der Waals surface area contributed by atoms with Gasteiger partial charge in [-0.1, -0.05) is 69.2 Å². The topological polar surface area (TPSA) is 45.6 Å². The van der Waals surface area contributed by atoms with Gasteiger partial charge in [-0.05, 0) is 42.0 Å². The zero-order chi connectivity index (χ0) is 22.2. The van der Waals surface area contributed by atoms with Gasteiger partial charge in [0.15, 0.2) is 0 Å². The van der Waals surface area contributed by atoms with E-state index in [9.17, 15) is 9.18 Å². The average molecular weight is 545 g/mol. The molecule has 0 aliphatic carbocycles. The van der Waals surface area contributed by atoms with E-state index in [4.69, 9.17) is 11.6 Å². The monoisotopic (exact) mass is 543 g/mol. The van der Waals surface area contributed by atoms with Gasteiger partial charge in [-0.3, -0.25) is 4.79 Å². The second kappa shape index (κ2) is 8.71. The summed E-state index contributed by atoms with van der Waals surface area (Å²) in [7, 11) is 0. The molecule has 0 fully saturated rings. The van der Waals surface area contributed by atoms with Gasteiger partial charge in [-0.25, -0.2) is 9.37 Å². The highest BCUT2D eigenvalue weighted by molar-refractivity contribution is 9.10. The van der Waals surface area contributed by atoms with E-state index in [0.717, 1.165) is 24.8 Å². The van der Waals surface area contributed by atoms with Crippen LogP contribution < -0.4 is 5.01 Å². The molecule has 0 aliphatic heterocycles. The maximum Gasteiger partial charge on any atom is 0.292 e. The highest BCUT2D eigenvalue weighted by Gasteiger charge is 2.26. The molecule has 0 radical (unpaired) electrons. The van der Waals surface area contributed by atoms with E-state index in [0.29, 0.717) is 20.6 Å². The number of halogens is 3. The fourth-order valence-corrected chi connectivity index (χ4v) is 6.00. The number of rotatable bonds is 4. The van der Waals surface area contributed by atoms with E-state index in [1.165, 1.54) is 46.0 Å². The van der Waals surface area contributed by atoms with Crippen LogP contribution in [-0.2, 0) is 0 Å². The van der Waals surface area contributed by atoms with E-state index < -0.39 is 0 Å². The third kappa shape index (κ3) is 4.06. The molecule has 5 rings (SSSR count). The summed E-state index contributed by atoms with van der Waals surface area (Å²) in [6, 6.07) is 19.1. The van der Waals surface area contributed by atoms with Crippen LogP contribution in [0.5, 0.6) is 0 Å². The van der Waals surface area contributed by atoms with Crippen LogP contribution in [0.15, 0.2) is 76.3 Å². The molecule has 4 nitrogen and oxygen atoms in total. The lowest BCUT2D eigenvalue weighted by atomic mass is 10.2. The van der Waals surface area contributed by atoms with E-state index in [1.807, 2.05) is 42.5 Å². The zero-order valence-electron chi connectivity index (χ0n) is 16.1. The molecule has 0 saturated heterocycles. The average Bonchev–Trinajstić information content (AvgIpc) is 3.36. The maximum absolute atomic E-state index is 13.6. The number of carbonyl (C=O) groups is 1. The number of nitrogens with zero attached hydrogens (tertiary/aromatic N) is 3. The fraction of sp³-hybridized carbons (Fsp3) is 0. The predicted molar refractivity (Wildman–Crippen MR) is 135 cm³/mol. The Morgan fingerprint density at radius 3 is 2.62 bits per heavy atom. The SMILES string of the molecule is O=C(c1sc2ccccc2c1Cl)N(/N=C/c1ccc(F)cc1)c1nc2ccc(Br)cc2s1. The summed E-state index contributed by atoms with van der Waals surface area (Å²) >= 11 is 12.7. The molecule has 2 aromatic heterocycles. The minimum atomic E-state index is -0.382. The van der Waals surface area contributed by atoms with Gasteiger partial charge in [-0.15, -0.1) is 11.3 Å². The highest BCUT2D eigenvalue weighted by Crippen LogP contribution is 2.38. The number of hydrazone groups is 1. The number of carbonyl (C=O) groups excluding carboxylic acids is 1. The largest absolute Gasteiger partial charge is 0.292 e. The Hall–Kier alpha value is -2.65. The summed E-state index contributed by atoms with van der Waals surface area (Å²) in [5, 5.41) is 7.29. The number of hydrogen-bond acceptors (Lipinski definition) is 5. The van der Waals surface area contributed by atoms with Crippen molar-refractivity contribution in [2.24, 2.45) is 5.10 Å². The molecule has 0 aliphatic rings. The summed E-state index contributed by atoms with van der Waals surface area (Å²) in [6.45, 7) is 0. The number of amides is 1. The first-order valence-corrected chi connectivity index (χ1v) is 12.2. The number of thiazole rings is 1. The molecule has 0 unspecified atom stereocenters. The predicted octanol–water partition coefficient (Wildman–Crippen LogP) is 7.75. The summed E-state index contributed by atoms with van der Waals surface area (Å²) in [5.41, 5.74) is 1.40. The van der Waals surface area contributed by atoms with Gasteiger partial charge >= 0.3 is 0 Å². The van der Waals surface area contributed by atoms with Crippen molar-refractivity contribution in [1.82, 2.24) is 4.98 Å². The Kier molecular flexibility index (Phi) is 5.77. The molecule has 0 atom stereocenters. The quantitative estimate of drug-likeness (QED) is 0.172. The zero-order valence-corrected chi connectivity index (χ0v) is 20.1. The number of anilines is 1. The highest BCUT2D eigenvalue weighted by atomic mass is 79.9. The van der Waals surface area contributed by atoms with Crippen LogP contribution in [0.2, 0.25) is 5.02 Å². The molecular formula is C23H12BrClFN3OS2. The van der Waals surface area contributed by atoms with Gasteiger partial charge in [0.25, 0.3) is 5.91 Å². The molecule has 5 aromatic rings. The lowest BCUT2D eigenvalue weighted by Crippen LogP contribution is -2.25. The molecule has 2 heterocycles. The van der Waals surface area contributed by atoms with Crippen LogP contribution in [0.4, 0.5) is 9.52 Å². The second-order valence-corrected chi connectivity index (χ2v) is 10.1. The van der Waals surface area contributed by atoms with Crippen molar-refractivity contribution >= 4 is 87.8 Å². The first kappa shape index (κ1) is 21.2. The minimum absolute atomic E-state index is 0.344. The molecule has 3 aromatic carbocycles. The van der Waals surface area contributed by atoms with Crippen LogP contribution in [0, 0.1) is 5.82 Å². The Bertz CT molecular complexity index is 1500. The first-order valence-electron chi connectivity index (χ1n) is 9.37. The van der Waals surface area contributed by atoms with Gasteiger partial charge in [0.2, 0.25) is 5.13 Å². The maximum atomic E-state index is 13.6. The second-order valence-electron chi connectivity index (χ2n) is 6.76. The van der Waals surface area contributed by atoms with E-state index in [-0.39, 0.29) is 11.7 Å². The number of benzene rings is 3. The van der Waals surface area contributed by atoms with Crippen molar-refractivity contribution in [3.05, 3.63) is 92.5 Å². The number of fused-ring (bicyclic) bond motifs is 2. The molecule has 158 valence electrons. The van der Waals surface area contributed by atoms with E-state index in [2.05, 4.69) is 26.0 Å². The lowest BCUT2D eigenvalue weighted by molar-refractivity contribution is 0.0992. The smallest absolute Gasteiger partial charge is 0.266 e. The molecule has 32 heavy (non-hydrogen) atoms. The van der Waals surface area contributed by atoms with Crippen molar-refractivity contribution in [2.75, 3.05) is 5.01 Å². The Morgan fingerprint density at radius 1 is 1.06 bits per heavy atom. The van der Waals surface area contributed by atoms with Crippen molar-refractivity contribution < 1.29 is 9.18 Å². The van der Waals surface area contributed by atoms with Crippen LogP contribution in [-0.4, -0.2) is 17.1 Å². The number of hydrogen-bond donors (Lipinski definition) is 0. The third-order valence-corrected chi connectivity index (χ3v) is 7.78. The first-order chi connectivity index (χ1) is 15.5.